The molecule has 3 heterocycles. The molecular weight excluding hydrogens is 602 g/mol. The minimum atomic E-state index is -0.528. The number of ketones is 1. The number of rotatable bonds is 8. The lowest BCUT2D eigenvalue weighted by atomic mass is 9.51. The van der Waals surface area contributed by atoms with Crippen molar-refractivity contribution in [2.45, 2.75) is 68.7 Å². The maximum absolute atomic E-state index is 13.1. The topological polar surface area (TPSA) is 152 Å². The number of benzene rings is 2. The van der Waals surface area contributed by atoms with Gasteiger partial charge in [0.05, 0.1) is 31.6 Å². The Balaban J connectivity index is 0.963. The number of Topliss-reactive ketones (excluding diaryl/α,β-unsaturated/α-hetero) is 1. The zero-order chi connectivity index (χ0) is 33.1. The Hall–Kier alpha value is -4.16. The normalized spacial score (nSPS) is 29.9. The summed E-state index contributed by atoms with van der Waals surface area (Å²) in [6.07, 6.45) is 3.38. The van der Waals surface area contributed by atoms with Crippen LogP contribution in [0.4, 0.5) is 4.79 Å². The molecule has 1 spiro atoms. The predicted octanol–water partition coefficient (Wildman–Crippen LogP) is 1.84. The molecule has 2 saturated heterocycles. The number of carbonyl (C=O) groups excluding carboxylic acids is 4. The average Bonchev–Trinajstić information content (AvgIpc) is 3.70. The number of hydrogen-bond acceptors (Lipinski definition) is 8. The second kappa shape index (κ2) is 11.8. The van der Waals surface area contributed by atoms with Gasteiger partial charge in [-0.25, -0.2) is 4.79 Å². The van der Waals surface area contributed by atoms with Gasteiger partial charge in [-0.05, 0) is 55.2 Å². The van der Waals surface area contributed by atoms with Crippen molar-refractivity contribution >= 4 is 23.7 Å². The predicted molar refractivity (Wildman–Crippen MR) is 171 cm³/mol. The number of likely N-dealkylation sites (tertiary alicyclic amines) is 2. The SMILES string of the molecule is CN(CCNC(=O)[C@@H]1CCCN1C(=O)CN)C(=O)Oc1ccc(C[N@@+]2(C)CC[C@]34c5c6ccc(O)c5O[C@H]3C(=O)CC[C@H]4[C@H]2C6)cc1. The number of likely N-dealkylation sites (N-methyl/N-ethyl adjacent to an activating group) is 2. The highest BCUT2D eigenvalue weighted by Gasteiger charge is 2.69. The van der Waals surface area contributed by atoms with Gasteiger partial charge in [-0.2, -0.15) is 0 Å². The van der Waals surface area contributed by atoms with Gasteiger partial charge in [0.2, 0.25) is 11.8 Å². The average molecular weight is 647 g/mol. The minimum Gasteiger partial charge on any atom is -0.504 e. The molecule has 5 aliphatic rings. The Labute approximate surface area is 274 Å². The van der Waals surface area contributed by atoms with E-state index in [9.17, 15) is 24.3 Å². The monoisotopic (exact) mass is 646 g/mol. The number of nitrogens with zero attached hydrogens (tertiary/aromatic N) is 3. The van der Waals surface area contributed by atoms with Gasteiger partial charge >= 0.3 is 6.09 Å². The Bertz CT molecular complexity index is 1610. The van der Waals surface area contributed by atoms with Crippen LogP contribution in [-0.4, -0.2) is 108 Å². The van der Waals surface area contributed by atoms with E-state index in [2.05, 4.69) is 12.4 Å². The fourth-order valence-corrected chi connectivity index (χ4v) is 9.26. The number of quaternary nitrogens is 1. The van der Waals surface area contributed by atoms with Gasteiger partial charge in [-0.15, -0.1) is 0 Å². The van der Waals surface area contributed by atoms with Crippen LogP contribution in [0.3, 0.4) is 0 Å². The van der Waals surface area contributed by atoms with Crippen molar-refractivity contribution in [1.82, 2.24) is 15.1 Å². The molecule has 3 amide bonds. The van der Waals surface area contributed by atoms with E-state index in [4.69, 9.17) is 15.2 Å². The third-order valence-corrected chi connectivity index (χ3v) is 11.6. The molecule has 0 unspecified atom stereocenters. The molecule has 3 fully saturated rings. The second-order valence-corrected chi connectivity index (χ2v) is 14.2. The molecule has 2 aromatic carbocycles. The van der Waals surface area contributed by atoms with E-state index in [1.54, 1.807) is 13.1 Å². The largest absolute Gasteiger partial charge is 0.504 e. The van der Waals surface area contributed by atoms with Crippen molar-refractivity contribution in [3.05, 3.63) is 53.1 Å². The van der Waals surface area contributed by atoms with E-state index in [0.29, 0.717) is 42.8 Å². The number of phenols is 1. The first-order valence-electron chi connectivity index (χ1n) is 16.7. The van der Waals surface area contributed by atoms with Gasteiger partial charge in [0.1, 0.15) is 18.3 Å². The molecule has 0 radical (unpaired) electrons. The summed E-state index contributed by atoms with van der Waals surface area (Å²) in [5, 5.41) is 13.4. The van der Waals surface area contributed by atoms with Crippen LogP contribution in [0.2, 0.25) is 0 Å². The number of aromatic hydroxyl groups is 1. The molecule has 0 aromatic heterocycles. The summed E-state index contributed by atoms with van der Waals surface area (Å²) in [7, 11) is 3.93. The Morgan fingerprint density at radius 3 is 2.74 bits per heavy atom. The van der Waals surface area contributed by atoms with Crippen LogP contribution in [0.1, 0.15) is 48.8 Å². The third kappa shape index (κ3) is 5.12. The summed E-state index contributed by atoms with van der Waals surface area (Å²) in [5.74, 6) is 1.07. The van der Waals surface area contributed by atoms with E-state index < -0.39 is 18.2 Å². The molecule has 12 heteroatoms. The quantitative estimate of drug-likeness (QED) is 0.368. The standard InChI is InChI=1S/C35H43N5O7/c1-38(16-14-37-33(44)25-4-3-15-39(25)29(43)19-36)34(45)46-23-8-5-21(6-9-23)20-40(2)17-13-35-24-10-12-28(42)32(35)47-31-27(41)11-7-22(30(31)35)18-26(24)40/h5-9,11,24-26,32H,3-4,10,12-20,36H2,1-2H3,(H-,37,41,44)/p+1/t24-,25-,26+,32-,35-,40+/m0/s1. The van der Waals surface area contributed by atoms with Crippen molar-refractivity contribution in [2.75, 3.05) is 46.8 Å². The lowest BCUT2D eigenvalue weighted by Crippen LogP contribution is -2.71. The lowest BCUT2D eigenvalue weighted by molar-refractivity contribution is -0.957. The Kier molecular flexibility index (Phi) is 7.91. The fourth-order valence-electron chi connectivity index (χ4n) is 9.26. The van der Waals surface area contributed by atoms with Crippen LogP contribution in [0.5, 0.6) is 17.2 Å². The molecule has 2 aliphatic carbocycles. The zero-order valence-corrected chi connectivity index (χ0v) is 27.1. The first-order valence-corrected chi connectivity index (χ1v) is 16.7. The van der Waals surface area contributed by atoms with Crippen LogP contribution < -0.4 is 20.5 Å². The zero-order valence-electron chi connectivity index (χ0n) is 27.1. The van der Waals surface area contributed by atoms with Crippen LogP contribution in [0, 0.1) is 5.92 Å². The molecular formula is C35H44N5O7+. The van der Waals surface area contributed by atoms with Gasteiger partial charge in [-0.3, -0.25) is 14.4 Å². The van der Waals surface area contributed by atoms with Gasteiger partial charge in [0.25, 0.3) is 0 Å². The highest BCUT2D eigenvalue weighted by Crippen LogP contribution is 2.64. The van der Waals surface area contributed by atoms with E-state index in [1.807, 2.05) is 30.3 Å². The maximum atomic E-state index is 13.1. The van der Waals surface area contributed by atoms with Gasteiger partial charge in [0.15, 0.2) is 23.4 Å². The summed E-state index contributed by atoms with van der Waals surface area (Å²) in [5.41, 5.74) is 8.53. The van der Waals surface area contributed by atoms with E-state index in [-0.39, 0.29) is 48.4 Å². The Morgan fingerprint density at radius 1 is 1.19 bits per heavy atom. The Morgan fingerprint density at radius 2 is 1.98 bits per heavy atom. The first-order chi connectivity index (χ1) is 22.6. The molecule has 1 saturated carbocycles. The molecule has 250 valence electrons. The number of phenolic OH excluding ortho intramolecular Hbond substituents is 1. The summed E-state index contributed by atoms with van der Waals surface area (Å²) >= 11 is 0. The number of nitrogens with one attached hydrogen (secondary N) is 1. The van der Waals surface area contributed by atoms with Crippen LogP contribution in [0.25, 0.3) is 0 Å². The van der Waals surface area contributed by atoms with Gasteiger partial charge < -0.3 is 39.9 Å². The molecule has 4 N–H and O–H groups in total. The maximum Gasteiger partial charge on any atom is 0.415 e. The van der Waals surface area contributed by atoms with E-state index >= 15 is 0 Å². The van der Waals surface area contributed by atoms with E-state index in [1.165, 1.54) is 15.4 Å². The number of ether oxygens (including phenoxy) is 2. The van der Waals surface area contributed by atoms with E-state index in [0.717, 1.165) is 54.4 Å². The third-order valence-electron chi connectivity index (χ3n) is 11.6. The fraction of sp³-hybridized carbons (Fsp3) is 0.543. The van der Waals surface area contributed by atoms with Crippen molar-refractivity contribution < 1.29 is 38.2 Å². The smallest absolute Gasteiger partial charge is 0.415 e. The van der Waals surface area contributed by atoms with Crippen LogP contribution >= 0.6 is 0 Å². The minimum absolute atomic E-state index is 0.124. The molecule has 7 rings (SSSR count). The molecule has 2 aromatic rings. The summed E-state index contributed by atoms with van der Waals surface area (Å²) < 4.78 is 12.7. The summed E-state index contributed by atoms with van der Waals surface area (Å²) in [6.45, 7) is 2.59. The first kappa shape index (κ1) is 31.4. The summed E-state index contributed by atoms with van der Waals surface area (Å²) in [6, 6.07) is 11.2. The molecule has 3 aliphatic heterocycles. The highest BCUT2D eigenvalue weighted by molar-refractivity contribution is 5.89. The van der Waals surface area contributed by atoms with Crippen LogP contribution in [0.15, 0.2) is 36.4 Å². The molecule has 47 heavy (non-hydrogen) atoms. The second-order valence-electron chi connectivity index (χ2n) is 14.2. The van der Waals surface area contributed by atoms with Gasteiger partial charge in [-0.1, -0.05) is 6.07 Å². The molecule has 2 bridgehead atoms. The number of hydrogen-bond donors (Lipinski definition) is 3. The highest BCUT2D eigenvalue weighted by atomic mass is 16.6. The summed E-state index contributed by atoms with van der Waals surface area (Å²) in [4.78, 5) is 53.5. The molecule has 12 nitrogen and oxygen atoms in total. The van der Waals surface area contributed by atoms with Crippen molar-refractivity contribution in [3.63, 3.8) is 0 Å². The number of amides is 3. The number of carbonyl (C=O) groups is 4. The van der Waals surface area contributed by atoms with Crippen LogP contribution in [-0.2, 0) is 32.8 Å². The number of piperidine rings is 1. The lowest BCUT2D eigenvalue weighted by Gasteiger charge is -2.60. The van der Waals surface area contributed by atoms with Crippen molar-refractivity contribution in [2.24, 2.45) is 11.7 Å². The number of nitrogens with two attached hydrogens (primary N) is 1. The van der Waals surface area contributed by atoms with Crippen molar-refractivity contribution in [3.8, 4) is 17.2 Å². The van der Waals surface area contributed by atoms with Crippen molar-refractivity contribution in [1.29, 1.82) is 0 Å². The molecule has 6 atom stereocenters. The van der Waals surface area contributed by atoms with Gasteiger partial charge in [0, 0.05) is 63.0 Å².